The van der Waals surface area contributed by atoms with Crippen LogP contribution in [0.3, 0.4) is 0 Å². The number of amides is 1. The summed E-state index contributed by atoms with van der Waals surface area (Å²) in [6.07, 6.45) is 1.79. The molecule has 0 unspecified atom stereocenters. The van der Waals surface area contributed by atoms with Crippen molar-refractivity contribution in [2.45, 2.75) is 18.6 Å². The molecule has 0 spiro atoms. The molecule has 20 heavy (non-hydrogen) atoms. The van der Waals surface area contributed by atoms with Gasteiger partial charge in [-0.25, -0.2) is 8.42 Å². The molecule has 1 amide bonds. The number of hydrogen-bond acceptors (Lipinski definition) is 4. The number of carboxylic acid groups (broad SMARTS) is 1. The van der Waals surface area contributed by atoms with Crippen LogP contribution in [0.4, 0.5) is 5.69 Å². The first kappa shape index (κ1) is 14.5. The lowest BCUT2D eigenvalue weighted by Gasteiger charge is -2.11. The maximum Gasteiger partial charge on any atom is 0.319 e. The molecule has 1 fully saturated rings. The average molecular weight is 297 g/mol. The zero-order valence-electron chi connectivity index (χ0n) is 10.9. The van der Waals surface area contributed by atoms with Gasteiger partial charge in [0.1, 0.15) is 5.41 Å². The van der Waals surface area contributed by atoms with Crippen molar-refractivity contribution in [2.75, 3.05) is 11.6 Å². The van der Waals surface area contributed by atoms with Crippen molar-refractivity contribution in [1.29, 1.82) is 0 Å². The summed E-state index contributed by atoms with van der Waals surface area (Å²) in [5.41, 5.74) is -0.360. The van der Waals surface area contributed by atoms with E-state index in [0.717, 1.165) is 6.26 Å². The highest BCUT2D eigenvalue weighted by atomic mass is 32.2. The van der Waals surface area contributed by atoms with Gasteiger partial charge in [0, 0.05) is 11.9 Å². The summed E-state index contributed by atoms with van der Waals surface area (Å²) < 4.78 is 22.5. The van der Waals surface area contributed by atoms with E-state index >= 15 is 0 Å². The Hall–Kier alpha value is -1.89. The van der Waals surface area contributed by atoms with Gasteiger partial charge in [0.2, 0.25) is 5.91 Å². The van der Waals surface area contributed by atoms with Crippen LogP contribution >= 0.6 is 0 Å². The minimum absolute atomic E-state index is 0.124. The largest absolute Gasteiger partial charge is 0.480 e. The van der Waals surface area contributed by atoms with Gasteiger partial charge in [-0.1, -0.05) is 12.1 Å². The molecule has 6 nitrogen and oxygen atoms in total. The van der Waals surface area contributed by atoms with E-state index in [2.05, 4.69) is 5.32 Å². The number of aliphatic carboxylic acids is 1. The molecule has 1 aromatic carbocycles. The van der Waals surface area contributed by atoms with Crippen LogP contribution in [0, 0.1) is 5.41 Å². The first-order valence-corrected chi connectivity index (χ1v) is 8.10. The molecule has 0 radical (unpaired) electrons. The third-order valence-corrected chi connectivity index (χ3v) is 4.07. The van der Waals surface area contributed by atoms with Gasteiger partial charge in [-0.05, 0) is 30.5 Å². The summed E-state index contributed by atoms with van der Waals surface area (Å²) in [7, 11) is -3.16. The predicted molar refractivity (Wildman–Crippen MR) is 72.9 cm³/mol. The summed E-state index contributed by atoms with van der Waals surface area (Å²) in [5, 5.41) is 11.6. The second-order valence-electron chi connectivity index (χ2n) is 5.11. The highest BCUT2D eigenvalue weighted by molar-refractivity contribution is 7.89. The van der Waals surface area contributed by atoms with Crippen LogP contribution < -0.4 is 5.32 Å². The van der Waals surface area contributed by atoms with Crippen LogP contribution in [0.25, 0.3) is 0 Å². The van der Waals surface area contributed by atoms with Gasteiger partial charge in [-0.15, -0.1) is 0 Å². The van der Waals surface area contributed by atoms with Gasteiger partial charge in [0.05, 0.1) is 5.75 Å². The maximum atomic E-state index is 11.9. The van der Waals surface area contributed by atoms with Crippen LogP contribution in [0.2, 0.25) is 0 Å². The molecular weight excluding hydrogens is 282 g/mol. The number of carbonyl (C=O) groups is 2. The highest BCUT2D eigenvalue weighted by Crippen LogP contribution is 2.46. The molecule has 1 saturated carbocycles. The molecule has 1 aliphatic carbocycles. The van der Waals surface area contributed by atoms with Crippen LogP contribution in [0.5, 0.6) is 0 Å². The van der Waals surface area contributed by atoms with E-state index in [-0.39, 0.29) is 5.75 Å². The molecule has 0 bridgehead atoms. The molecule has 2 N–H and O–H groups in total. The Bertz CT molecular complexity index is 661. The zero-order chi connectivity index (χ0) is 15.0. The highest BCUT2D eigenvalue weighted by Gasteiger charge is 2.57. The summed E-state index contributed by atoms with van der Waals surface area (Å²) in [4.78, 5) is 23.0. The SMILES string of the molecule is CS(=O)(=O)Cc1cccc(NC(=O)C2(C(=O)O)CC2)c1. The minimum Gasteiger partial charge on any atom is -0.480 e. The number of sulfone groups is 1. The predicted octanol–water partition coefficient (Wildman–Crippen LogP) is 1.03. The Labute approximate surface area is 116 Å². The third-order valence-electron chi connectivity index (χ3n) is 3.21. The fourth-order valence-corrected chi connectivity index (χ4v) is 2.74. The van der Waals surface area contributed by atoms with Gasteiger partial charge in [0.15, 0.2) is 9.84 Å². The topological polar surface area (TPSA) is 101 Å². The first-order valence-electron chi connectivity index (χ1n) is 6.04. The Morgan fingerprint density at radius 3 is 2.50 bits per heavy atom. The Kier molecular flexibility index (Phi) is 3.56. The molecule has 1 aliphatic rings. The normalized spacial score (nSPS) is 16.4. The molecule has 0 aliphatic heterocycles. The smallest absolute Gasteiger partial charge is 0.319 e. The minimum atomic E-state index is -3.16. The van der Waals surface area contributed by atoms with E-state index in [9.17, 15) is 18.0 Å². The van der Waals surface area contributed by atoms with Crippen LogP contribution in [0.1, 0.15) is 18.4 Å². The lowest BCUT2D eigenvalue weighted by atomic mass is 10.1. The summed E-state index contributed by atoms with van der Waals surface area (Å²) in [6.45, 7) is 0. The number of anilines is 1. The molecule has 0 aromatic heterocycles. The lowest BCUT2D eigenvalue weighted by molar-refractivity contribution is -0.147. The summed E-state index contributed by atoms with van der Waals surface area (Å²) in [6, 6.07) is 6.40. The van der Waals surface area contributed by atoms with Gasteiger partial charge in [0.25, 0.3) is 0 Å². The number of benzene rings is 1. The number of carbonyl (C=O) groups excluding carboxylic acids is 1. The molecule has 0 saturated heterocycles. The standard InChI is InChI=1S/C13H15NO5S/c1-20(18,19)8-9-3-2-4-10(7-9)14-11(15)13(5-6-13)12(16)17/h2-4,7H,5-6,8H2,1H3,(H,14,15)(H,16,17). The van der Waals surface area contributed by atoms with E-state index in [1.165, 1.54) is 6.07 Å². The number of rotatable bonds is 5. The molecule has 0 atom stereocenters. The molecule has 2 rings (SSSR count). The van der Waals surface area contributed by atoms with E-state index in [1.54, 1.807) is 18.2 Å². The van der Waals surface area contributed by atoms with Gasteiger partial charge >= 0.3 is 5.97 Å². The number of nitrogens with one attached hydrogen (secondary N) is 1. The van der Waals surface area contributed by atoms with E-state index in [0.29, 0.717) is 24.1 Å². The van der Waals surface area contributed by atoms with Crippen LogP contribution in [-0.4, -0.2) is 31.7 Å². The van der Waals surface area contributed by atoms with E-state index in [1.807, 2.05) is 0 Å². The van der Waals surface area contributed by atoms with Gasteiger partial charge in [-0.2, -0.15) is 0 Å². The maximum absolute atomic E-state index is 11.9. The Morgan fingerprint density at radius 2 is 2.00 bits per heavy atom. The summed E-state index contributed by atoms with van der Waals surface area (Å²) in [5.74, 6) is -1.80. The lowest BCUT2D eigenvalue weighted by Crippen LogP contribution is -2.31. The fraction of sp³-hybridized carbons (Fsp3) is 0.385. The molecule has 0 heterocycles. The average Bonchev–Trinajstić information content (AvgIpc) is 3.07. The van der Waals surface area contributed by atoms with Gasteiger partial charge < -0.3 is 10.4 Å². The second-order valence-corrected chi connectivity index (χ2v) is 7.25. The van der Waals surface area contributed by atoms with Crippen LogP contribution in [-0.2, 0) is 25.2 Å². The van der Waals surface area contributed by atoms with Crippen molar-refractivity contribution in [3.8, 4) is 0 Å². The number of carboxylic acids is 1. The fourth-order valence-electron chi connectivity index (χ4n) is 1.96. The van der Waals surface area contributed by atoms with Crippen molar-refractivity contribution in [3.05, 3.63) is 29.8 Å². The van der Waals surface area contributed by atoms with Crippen molar-refractivity contribution < 1.29 is 23.1 Å². The van der Waals surface area contributed by atoms with Crippen molar-refractivity contribution >= 4 is 27.4 Å². The van der Waals surface area contributed by atoms with Crippen molar-refractivity contribution in [3.63, 3.8) is 0 Å². The molecule has 1 aromatic rings. The monoisotopic (exact) mass is 297 g/mol. The van der Waals surface area contributed by atoms with Gasteiger partial charge in [-0.3, -0.25) is 9.59 Å². The second kappa shape index (κ2) is 4.90. The van der Waals surface area contributed by atoms with E-state index in [4.69, 9.17) is 5.11 Å². The first-order chi connectivity index (χ1) is 9.23. The Morgan fingerprint density at radius 1 is 1.35 bits per heavy atom. The van der Waals surface area contributed by atoms with Crippen LogP contribution in [0.15, 0.2) is 24.3 Å². The zero-order valence-corrected chi connectivity index (χ0v) is 11.7. The quantitative estimate of drug-likeness (QED) is 0.791. The Balaban J connectivity index is 2.13. The van der Waals surface area contributed by atoms with Crippen molar-refractivity contribution in [1.82, 2.24) is 0 Å². The van der Waals surface area contributed by atoms with Crippen molar-refractivity contribution in [2.24, 2.45) is 5.41 Å². The third kappa shape index (κ3) is 3.16. The molecular formula is C13H15NO5S. The number of hydrogen-bond donors (Lipinski definition) is 2. The molecule has 108 valence electrons. The molecule has 7 heteroatoms. The van der Waals surface area contributed by atoms with E-state index < -0.39 is 27.1 Å². The summed E-state index contributed by atoms with van der Waals surface area (Å²) >= 11 is 0.